The first kappa shape index (κ1) is 14.4. The molecule has 2 rings (SSSR count). The molecule has 0 saturated carbocycles. The number of nitrogens with one attached hydrogen (secondary N) is 1. The van der Waals surface area contributed by atoms with E-state index in [1.807, 2.05) is 19.1 Å². The summed E-state index contributed by atoms with van der Waals surface area (Å²) < 4.78 is 5.60. The predicted octanol–water partition coefficient (Wildman–Crippen LogP) is 3.98. The molecule has 1 aromatic rings. The van der Waals surface area contributed by atoms with Crippen LogP contribution in [0.1, 0.15) is 31.7 Å². The van der Waals surface area contributed by atoms with Gasteiger partial charge in [-0.3, -0.25) is 0 Å². The molecule has 1 aliphatic heterocycles. The number of piperidine rings is 1. The van der Waals surface area contributed by atoms with Crippen molar-refractivity contribution in [1.29, 1.82) is 0 Å². The summed E-state index contributed by atoms with van der Waals surface area (Å²) in [7, 11) is 0. The van der Waals surface area contributed by atoms with Gasteiger partial charge in [0.15, 0.2) is 0 Å². The van der Waals surface area contributed by atoms with E-state index >= 15 is 0 Å². The Morgan fingerprint density at radius 2 is 2.32 bits per heavy atom. The van der Waals surface area contributed by atoms with Crippen LogP contribution in [-0.4, -0.2) is 19.2 Å². The third-order valence-corrected chi connectivity index (χ3v) is 3.66. The first-order valence-electron chi connectivity index (χ1n) is 6.94. The molecule has 0 bridgehead atoms. The Bertz CT molecular complexity index is 438. The SMILES string of the molecule is C=C(C)COc1ccc(CC2CCCCN2)cc1Cl. The molecule has 1 atom stereocenters. The number of ether oxygens (including phenoxy) is 1. The Morgan fingerprint density at radius 3 is 2.95 bits per heavy atom. The maximum Gasteiger partial charge on any atom is 0.138 e. The Morgan fingerprint density at radius 1 is 1.47 bits per heavy atom. The van der Waals surface area contributed by atoms with Crippen molar-refractivity contribution in [2.75, 3.05) is 13.2 Å². The molecule has 1 fully saturated rings. The number of hydrogen-bond acceptors (Lipinski definition) is 2. The van der Waals surface area contributed by atoms with Crippen LogP contribution in [0.2, 0.25) is 5.02 Å². The van der Waals surface area contributed by atoms with Crippen LogP contribution in [0.3, 0.4) is 0 Å². The maximum absolute atomic E-state index is 6.26. The highest BCUT2D eigenvalue weighted by atomic mass is 35.5. The van der Waals surface area contributed by atoms with Crippen molar-refractivity contribution >= 4 is 11.6 Å². The molecule has 2 nitrogen and oxygen atoms in total. The summed E-state index contributed by atoms with van der Waals surface area (Å²) in [6, 6.07) is 6.68. The van der Waals surface area contributed by atoms with Gasteiger partial charge in [-0.2, -0.15) is 0 Å². The van der Waals surface area contributed by atoms with Crippen molar-refractivity contribution in [2.24, 2.45) is 0 Å². The molecule has 19 heavy (non-hydrogen) atoms. The molecule has 0 spiro atoms. The fraction of sp³-hybridized carbons (Fsp3) is 0.500. The highest BCUT2D eigenvalue weighted by Gasteiger charge is 2.13. The minimum Gasteiger partial charge on any atom is -0.488 e. The van der Waals surface area contributed by atoms with E-state index < -0.39 is 0 Å². The zero-order valence-corrected chi connectivity index (χ0v) is 12.3. The van der Waals surface area contributed by atoms with Crippen molar-refractivity contribution in [3.63, 3.8) is 0 Å². The topological polar surface area (TPSA) is 21.3 Å². The summed E-state index contributed by atoms with van der Waals surface area (Å²) in [5.74, 6) is 0.741. The number of benzene rings is 1. The molecular formula is C16H22ClNO. The van der Waals surface area contributed by atoms with E-state index in [-0.39, 0.29) is 0 Å². The molecule has 104 valence electrons. The number of hydrogen-bond donors (Lipinski definition) is 1. The molecule has 0 radical (unpaired) electrons. The second kappa shape index (κ2) is 6.97. The van der Waals surface area contributed by atoms with E-state index in [9.17, 15) is 0 Å². The molecule has 3 heteroatoms. The monoisotopic (exact) mass is 279 g/mol. The molecular weight excluding hydrogens is 258 g/mol. The largest absolute Gasteiger partial charge is 0.488 e. The van der Waals surface area contributed by atoms with Crippen molar-refractivity contribution in [3.8, 4) is 5.75 Å². The predicted molar refractivity (Wildman–Crippen MR) is 81.1 cm³/mol. The Labute approximate surface area is 120 Å². The smallest absolute Gasteiger partial charge is 0.138 e. The van der Waals surface area contributed by atoms with Crippen LogP contribution < -0.4 is 10.1 Å². The van der Waals surface area contributed by atoms with Crippen LogP contribution in [0.4, 0.5) is 0 Å². The summed E-state index contributed by atoms with van der Waals surface area (Å²) in [5.41, 5.74) is 2.26. The minimum absolute atomic E-state index is 0.517. The van der Waals surface area contributed by atoms with Crippen LogP contribution >= 0.6 is 11.6 Å². The number of halogens is 1. The van der Waals surface area contributed by atoms with Gasteiger partial charge in [0.1, 0.15) is 12.4 Å². The third-order valence-electron chi connectivity index (χ3n) is 3.36. The Kier molecular flexibility index (Phi) is 5.29. The van der Waals surface area contributed by atoms with Gasteiger partial charge in [-0.25, -0.2) is 0 Å². The van der Waals surface area contributed by atoms with Crippen LogP contribution in [0.5, 0.6) is 5.75 Å². The Hall–Kier alpha value is -0.990. The van der Waals surface area contributed by atoms with Gasteiger partial charge in [0, 0.05) is 6.04 Å². The van der Waals surface area contributed by atoms with Gasteiger partial charge >= 0.3 is 0 Å². The summed E-state index contributed by atoms with van der Waals surface area (Å²) in [4.78, 5) is 0. The number of rotatable bonds is 5. The quantitative estimate of drug-likeness (QED) is 0.823. The minimum atomic E-state index is 0.517. The summed E-state index contributed by atoms with van der Waals surface area (Å²) in [6.07, 6.45) is 4.92. The van der Waals surface area contributed by atoms with E-state index in [4.69, 9.17) is 16.3 Å². The van der Waals surface area contributed by atoms with E-state index in [2.05, 4.69) is 18.0 Å². The first-order valence-corrected chi connectivity index (χ1v) is 7.32. The average Bonchev–Trinajstić information content (AvgIpc) is 2.39. The normalized spacial score (nSPS) is 19.2. The maximum atomic E-state index is 6.26. The fourth-order valence-corrected chi connectivity index (χ4v) is 2.63. The lowest BCUT2D eigenvalue weighted by Gasteiger charge is -2.23. The van der Waals surface area contributed by atoms with Gasteiger partial charge in [-0.15, -0.1) is 0 Å². The van der Waals surface area contributed by atoms with Crippen molar-refractivity contribution in [2.45, 2.75) is 38.6 Å². The van der Waals surface area contributed by atoms with E-state index in [0.717, 1.165) is 24.3 Å². The second-order valence-corrected chi connectivity index (χ2v) is 5.77. The molecule has 1 aromatic carbocycles. The molecule has 0 aromatic heterocycles. The van der Waals surface area contributed by atoms with E-state index in [0.29, 0.717) is 17.7 Å². The average molecular weight is 280 g/mol. The Balaban J connectivity index is 1.95. The zero-order valence-electron chi connectivity index (χ0n) is 11.5. The molecule has 1 N–H and O–H groups in total. The molecule has 0 amide bonds. The summed E-state index contributed by atoms with van der Waals surface area (Å²) in [6.45, 7) is 7.41. The molecule has 1 saturated heterocycles. The van der Waals surface area contributed by atoms with Gasteiger partial charge in [0.2, 0.25) is 0 Å². The highest BCUT2D eigenvalue weighted by molar-refractivity contribution is 6.32. The highest BCUT2D eigenvalue weighted by Crippen LogP contribution is 2.27. The third kappa shape index (κ3) is 4.55. The summed E-state index contributed by atoms with van der Waals surface area (Å²) >= 11 is 6.26. The van der Waals surface area contributed by atoms with Gasteiger partial charge in [0.25, 0.3) is 0 Å². The van der Waals surface area contributed by atoms with E-state index in [1.165, 1.54) is 24.8 Å². The van der Waals surface area contributed by atoms with Crippen molar-refractivity contribution in [1.82, 2.24) is 5.32 Å². The molecule has 1 unspecified atom stereocenters. The first-order chi connectivity index (χ1) is 9.15. The van der Waals surface area contributed by atoms with Crippen molar-refractivity contribution < 1.29 is 4.74 Å². The molecule has 1 aliphatic rings. The zero-order chi connectivity index (χ0) is 13.7. The molecule has 1 heterocycles. The van der Waals surface area contributed by atoms with Gasteiger partial charge < -0.3 is 10.1 Å². The lowest BCUT2D eigenvalue weighted by Crippen LogP contribution is -2.35. The molecule has 0 aliphatic carbocycles. The van der Waals surface area contributed by atoms with Crippen LogP contribution in [-0.2, 0) is 6.42 Å². The standard InChI is InChI=1S/C16H22ClNO/c1-12(2)11-19-16-7-6-13(10-15(16)17)9-14-5-3-4-8-18-14/h6-7,10,14,18H,1,3-5,8-9,11H2,2H3. The van der Waals surface area contributed by atoms with Gasteiger partial charge in [-0.1, -0.05) is 30.7 Å². The van der Waals surface area contributed by atoms with Crippen molar-refractivity contribution in [3.05, 3.63) is 40.9 Å². The summed E-state index contributed by atoms with van der Waals surface area (Å²) in [5, 5.41) is 4.25. The van der Waals surface area contributed by atoms with Crippen LogP contribution in [0.25, 0.3) is 0 Å². The van der Waals surface area contributed by atoms with Crippen LogP contribution in [0.15, 0.2) is 30.4 Å². The van der Waals surface area contributed by atoms with Crippen LogP contribution in [0, 0.1) is 0 Å². The lowest BCUT2D eigenvalue weighted by molar-refractivity contribution is 0.352. The van der Waals surface area contributed by atoms with Gasteiger partial charge in [-0.05, 0) is 56.0 Å². The van der Waals surface area contributed by atoms with Gasteiger partial charge in [0.05, 0.1) is 5.02 Å². The van der Waals surface area contributed by atoms with E-state index in [1.54, 1.807) is 0 Å². The fourth-order valence-electron chi connectivity index (χ4n) is 2.37. The lowest BCUT2D eigenvalue weighted by atomic mass is 9.98. The second-order valence-electron chi connectivity index (χ2n) is 5.36.